The van der Waals surface area contributed by atoms with E-state index in [0.717, 1.165) is 19.1 Å². The van der Waals surface area contributed by atoms with E-state index in [1.54, 1.807) is 6.07 Å². The number of benzene rings is 2. The molecule has 1 aromatic heterocycles. The van der Waals surface area contributed by atoms with E-state index in [1.165, 1.54) is 18.3 Å². The Hall–Kier alpha value is -3.17. The van der Waals surface area contributed by atoms with Crippen molar-refractivity contribution < 1.29 is 26.9 Å². The molecule has 0 aliphatic carbocycles. The van der Waals surface area contributed by atoms with Crippen LogP contribution in [0.15, 0.2) is 41.3 Å². The summed E-state index contributed by atoms with van der Waals surface area (Å²) < 4.78 is 61.1. The number of hydrogen-bond acceptors (Lipinski definition) is 4. The Labute approximate surface area is 175 Å². The SMILES string of the molecule is CC(=O)OCc1c(-n2ncc3cc(C(C)(C)C)cc(F)c3c2=O)cccc1[B-](F)(F)F. The number of nitrogens with zero attached hydrogens (tertiary/aromatic N) is 2. The highest BCUT2D eigenvalue weighted by Gasteiger charge is 2.30. The second kappa shape index (κ2) is 7.83. The maximum absolute atomic E-state index is 14.9. The highest BCUT2D eigenvalue weighted by atomic mass is 19.4. The highest BCUT2D eigenvalue weighted by Crippen LogP contribution is 2.27. The van der Waals surface area contributed by atoms with E-state index in [0.29, 0.717) is 10.2 Å². The average molecular weight is 435 g/mol. The fourth-order valence-corrected chi connectivity index (χ4v) is 3.27. The van der Waals surface area contributed by atoms with Crippen molar-refractivity contribution in [3.8, 4) is 5.69 Å². The van der Waals surface area contributed by atoms with Crippen LogP contribution < -0.4 is 11.0 Å². The van der Waals surface area contributed by atoms with E-state index in [9.17, 15) is 26.9 Å². The maximum Gasteiger partial charge on any atom is 0.510 e. The molecular weight excluding hydrogens is 415 g/mol. The van der Waals surface area contributed by atoms with E-state index < -0.39 is 42.0 Å². The number of halogens is 4. The summed E-state index contributed by atoms with van der Waals surface area (Å²) in [5.41, 5.74) is -2.32. The second-order valence-electron chi connectivity index (χ2n) is 8.23. The molecule has 3 aromatic rings. The predicted octanol–water partition coefficient (Wildman–Crippen LogP) is 3.94. The Morgan fingerprint density at radius 1 is 1.19 bits per heavy atom. The summed E-state index contributed by atoms with van der Waals surface area (Å²) in [7, 11) is 0. The van der Waals surface area contributed by atoms with E-state index in [4.69, 9.17) is 4.74 Å². The van der Waals surface area contributed by atoms with Gasteiger partial charge in [-0.05, 0) is 34.7 Å². The molecule has 5 nitrogen and oxygen atoms in total. The third-order valence-corrected chi connectivity index (χ3v) is 4.89. The Bertz CT molecular complexity index is 1230. The second-order valence-corrected chi connectivity index (χ2v) is 8.23. The van der Waals surface area contributed by atoms with Crippen molar-refractivity contribution in [1.82, 2.24) is 9.78 Å². The van der Waals surface area contributed by atoms with E-state index in [-0.39, 0.29) is 21.9 Å². The van der Waals surface area contributed by atoms with Crippen molar-refractivity contribution in [3.05, 3.63) is 63.8 Å². The summed E-state index contributed by atoms with van der Waals surface area (Å²) in [5, 5.41) is 3.94. The van der Waals surface area contributed by atoms with Gasteiger partial charge in [0.2, 0.25) is 0 Å². The zero-order chi connectivity index (χ0) is 23.1. The van der Waals surface area contributed by atoms with Gasteiger partial charge in [0.15, 0.2) is 0 Å². The first kappa shape index (κ1) is 22.5. The summed E-state index contributed by atoms with van der Waals surface area (Å²) >= 11 is 0. The zero-order valence-electron chi connectivity index (χ0n) is 17.4. The van der Waals surface area contributed by atoms with Crippen LogP contribution in [0.3, 0.4) is 0 Å². The van der Waals surface area contributed by atoms with Gasteiger partial charge in [0, 0.05) is 12.3 Å². The van der Waals surface area contributed by atoms with Gasteiger partial charge in [0.25, 0.3) is 5.56 Å². The van der Waals surface area contributed by atoms with Crippen LogP contribution in [0.2, 0.25) is 0 Å². The van der Waals surface area contributed by atoms with Crippen molar-refractivity contribution in [2.24, 2.45) is 0 Å². The molecule has 0 aliphatic heterocycles. The van der Waals surface area contributed by atoms with Crippen LogP contribution in [0.4, 0.5) is 17.3 Å². The van der Waals surface area contributed by atoms with Gasteiger partial charge in [-0.25, -0.2) is 4.39 Å². The minimum Gasteiger partial charge on any atom is -0.461 e. The van der Waals surface area contributed by atoms with E-state index >= 15 is 0 Å². The fourth-order valence-electron chi connectivity index (χ4n) is 3.27. The quantitative estimate of drug-likeness (QED) is 0.354. The smallest absolute Gasteiger partial charge is 0.461 e. The van der Waals surface area contributed by atoms with Gasteiger partial charge in [-0.2, -0.15) is 9.78 Å². The lowest BCUT2D eigenvalue weighted by Gasteiger charge is -2.23. The number of esters is 1. The molecule has 31 heavy (non-hydrogen) atoms. The number of carbonyl (C=O) groups excluding carboxylic acids is 1. The first-order valence-corrected chi connectivity index (χ1v) is 9.48. The fraction of sp³-hybridized carbons (Fsp3) is 0.286. The molecule has 2 aromatic carbocycles. The molecule has 0 bridgehead atoms. The van der Waals surface area contributed by atoms with Crippen molar-refractivity contribution in [3.63, 3.8) is 0 Å². The standard InChI is InChI=1S/C21H20BF4N2O3/c1-12(29)31-11-15-16(22(24,25)26)6-5-7-18(15)28-20(30)19-13(10-27-28)8-14(9-17(19)23)21(2,3)4/h5-10H,11H2,1-4H3/q-1. The van der Waals surface area contributed by atoms with Crippen molar-refractivity contribution in [1.29, 1.82) is 0 Å². The Morgan fingerprint density at radius 2 is 1.87 bits per heavy atom. The van der Waals surface area contributed by atoms with Gasteiger partial charge in [0.05, 0.1) is 17.3 Å². The number of ether oxygens (including phenoxy) is 1. The summed E-state index contributed by atoms with van der Waals surface area (Å²) in [6.07, 6.45) is 1.23. The number of rotatable bonds is 4. The summed E-state index contributed by atoms with van der Waals surface area (Å²) in [5.74, 6) is -1.57. The molecule has 0 unspecified atom stereocenters. The summed E-state index contributed by atoms with van der Waals surface area (Å²) in [6, 6.07) is 6.07. The van der Waals surface area contributed by atoms with Crippen LogP contribution in [0, 0.1) is 5.82 Å². The van der Waals surface area contributed by atoms with E-state index in [1.807, 2.05) is 20.8 Å². The van der Waals surface area contributed by atoms with Crippen LogP contribution in [-0.2, 0) is 21.6 Å². The molecule has 0 fully saturated rings. The Morgan fingerprint density at radius 3 is 2.45 bits per heavy atom. The first-order chi connectivity index (χ1) is 14.3. The molecule has 10 heteroatoms. The van der Waals surface area contributed by atoms with Crippen LogP contribution in [0.5, 0.6) is 0 Å². The molecule has 0 atom stereocenters. The Kier molecular flexibility index (Phi) is 5.69. The van der Waals surface area contributed by atoms with Crippen LogP contribution in [0.1, 0.15) is 38.8 Å². The summed E-state index contributed by atoms with van der Waals surface area (Å²) in [4.78, 5) is 24.2. The highest BCUT2D eigenvalue weighted by molar-refractivity contribution is 6.74. The van der Waals surface area contributed by atoms with Crippen LogP contribution in [0.25, 0.3) is 16.5 Å². The van der Waals surface area contributed by atoms with Gasteiger partial charge in [-0.1, -0.05) is 38.4 Å². The van der Waals surface area contributed by atoms with Crippen molar-refractivity contribution >= 4 is 29.2 Å². The molecule has 1 heterocycles. The molecule has 164 valence electrons. The Balaban J connectivity index is 2.29. The zero-order valence-corrected chi connectivity index (χ0v) is 17.4. The van der Waals surface area contributed by atoms with Gasteiger partial charge in [-0.3, -0.25) is 9.59 Å². The molecule has 0 amide bonds. The third-order valence-electron chi connectivity index (χ3n) is 4.89. The van der Waals surface area contributed by atoms with E-state index in [2.05, 4.69) is 5.10 Å². The van der Waals surface area contributed by atoms with Crippen LogP contribution >= 0.6 is 0 Å². The average Bonchev–Trinajstić information content (AvgIpc) is 2.64. The topological polar surface area (TPSA) is 61.2 Å². The van der Waals surface area contributed by atoms with Gasteiger partial charge in [0.1, 0.15) is 12.4 Å². The molecule has 0 aliphatic rings. The number of aromatic nitrogens is 2. The summed E-state index contributed by atoms with van der Waals surface area (Å²) in [6.45, 7) is 0.529. The largest absolute Gasteiger partial charge is 0.510 e. The lowest BCUT2D eigenvalue weighted by atomic mass is 9.76. The lowest BCUT2D eigenvalue weighted by molar-refractivity contribution is -0.142. The first-order valence-electron chi connectivity index (χ1n) is 9.48. The normalized spacial score (nSPS) is 12.3. The minimum atomic E-state index is -5.47. The number of hydrogen-bond donors (Lipinski definition) is 0. The molecule has 0 spiro atoms. The molecular formula is C21H20BF4N2O3-. The van der Waals surface area contributed by atoms with Gasteiger partial charge >= 0.3 is 12.9 Å². The number of carbonyl (C=O) groups is 1. The number of fused-ring (bicyclic) bond motifs is 1. The lowest BCUT2D eigenvalue weighted by Crippen LogP contribution is -2.39. The van der Waals surface area contributed by atoms with Crippen LogP contribution in [-0.4, -0.2) is 22.7 Å². The molecule has 3 rings (SSSR count). The molecule has 0 saturated heterocycles. The van der Waals surface area contributed by atoms with Crippen molar-refractivity contribution in [2.45, 2.75) is 39.7 Å². The van der Waals surface area contributed by atoms with Crippen molar-refractivity contribution in [2.75, 3.05) is 0 Å². The monoisotopic (exact) mass is 435 g/mol. The minimum absolute atomic E-state index is 0.232. The molecule has 0 N–H and O–H groups in total. The third kappa shape index (κ3) is 4.47. The predicted molar refractivity (Wildman–Crippen MR) is 110 cm³/mol. The van der Waals surface area contributed by atoms with Gasteiger partial charge < -0.3 is 17.7 Å². The maximum atomic E-state index is 14.9. The molecule has 0 saturated carbocycles. The molecule has 0 radical (unpaired) electrons. The van der Waals surface area contributed by atoms with Gasteiger partial charge in [-0.15, -0.1) is 0 Å².